The Balaban J connectivity index is 3.16. The third-order valence-corrected chi connectivity index (χ3v) is 2.10. The Kier molecular flexibility index (Phi) is 5.30. The van der Waals surface area contributed by atoms with E-state index in [1.807, 2.05) is 0 Å². The van der Waals surface area contributed by atoms with Crippen molar-refractivity contribution in [3.05, 3.63) is 0 Å². The summed E-state index contributed by atoms with van der Waals surface area (Å²) < 4.78 is 0. The molecule has 0 heterocycles. The van der Waals surface area contributed by atoms with Gasteiger partial charge < -0.3 is 5.11 Å². The molecule has 2 heteroatoms. The van der Waals surface area contributed by atoms with Crippen LogP contribution >= 0.6 is 12.6 Å². The summed E-state index contributed by atoms with van der Waals surface area (Å²) in [6.07, 6.45) is 3.11. The Labute approximate surface area is 62.9 Å². The van der Waals surface area contributed by atoms with Gasteiger partial charge in [0.1, 0.15) is 0 Å². The van der Waals surface area contributed by atoms with Gasteiger partial charge in [-0.2, -0.15) is 12.6 Å². The van der Waals surface area contributed by atoms with Crippen molar-refractivity contribution in [1.82, 2.24) is 0 Å². The number of unbranched alkanes of at least 4 members (excludes halogenated alkanes) is 1. The number of hydrogen-bond donors (Lipinski definition) is 2. The first-order valence-corrected chi connectivity index (χ1v) is 4.06. The molecule has 9 heavy (non-hydrogen) atoms. The number of aliphatic hydroxyl groups is 1. The highest BCUT2D eigenvalue weighted by atomic mass is 32.1. The number of thiol groups is 1. The van der Waals surface area contributed by atoms with E-state index in [-0.39, 0.29) is 11.4 Å². The van der Waals surface area contributed by atoms with E-state index in [0.29, 0.717) is 0 Å². The molecule has 0 aromatic carbocycles. The number of hydrogen-bond acceptors (Lipinski definition) is 2. The zero-order valence-corrected chi connectivity index (χ0v) is 7.06. The maximum Gasteiger partial charge on any atom is 0.0628 e. The molecule has 0 spiro atoms. The van der Waals surface area contributed by atoms with Crippen molar-refractivity contribution in [2.45, 2.75) is 44.5 Å². The first-order valence-electron chi connectivity index (χ1n) is 3.54. The first-order chi connectivity index (χ1) is 4.18. The number of rotatable bonds is 4. The molecule has 2 atom stereocenters. The van der Waals surface area contributed by atoms with Gasteiger partial charge >= 0.3 is 0 Å². The second kappa shape index (κ2) is 5.12. The Bertz CT molecular complexity index is 63.9. The van der Waals surface area contributed by atoms with Crippen LogP contribution in [0.1, 0.15) is 33.1 Å². The van der Waals surface area contributed by atoms with Crippen LogP contribution in [-0.2, 0) is 0 Å². The van der Waals surface area contributed by atoms with Gasteiger partial charge in [0.25, 0.3) is 0 Å². The summed E-state index contributed by atoms with van der Waals surface area (Å²) in [5.74, 6) is 0. The lowest BCUT2D eigenvalue weighted by Crippen LogP contribution is -2.16. The maximum atomic E-state index is 8.97. The largest absolute Gasteiger partial charge is 0.392 e. The van der Waals surface area contributed by atoms with Crippen LogP contribution in [0.15, 0.2) is 0 Å². The van der Waals surface area contributed by atoms with Gasteiger partial charge in [0.05, 0.1) is 6.10 Å². The molecule has 2 unspecified atom stereocenters. The lowest BCUT2D eigenvalue weighted by molar-refractivity contribution is 0.187. The first kappa shape index (κ1) is 9.31. The van der Waals surface area contributed by atoms with E-state index in [4.69, 9.17) is 5.11 Å². The molecule has 0 radical (unpaired) electrons. The van der Waals surface area contributed by atoms with Crippen LogP contribution in [0.4, 0.5) is 0 Å². The van der Waals surface area contributed by atoms with Crippen LogP contribution in [0.5, 0.6) is 0 Å². The fraction of sp³-hybridized carbons (Fsp3) is 1.00. The van der Waals surface area contributed by atoms with Crippen LogP contribution in [0.2, 0.25) is 0 Å². The lowest BCUT2D eigenvalue weighted by atomic mass is 10.1. The van der Waals surface area contributed by atoms with Crippen molar-refractivity contribution in [2.24, 2.45) is 0 Å². The molecule has 0 saturated carbocycles. The SMILES string of the molecule is CCCCC(S)C(C)O. The summed E-state index contributed by atoms with van der Waals surface area (Å²) in [7, 11) is 0. The van der Waals surface area contributed by atoms with Crippen LogP contribution in [0.3, 0.4) is 0 Å². The molecule has 0 aliphatic heterocycles. The summed E-state index contributed by atoms with van der Waals surface area (Å²) in [4.78, 5) is 0. The maximum absolute atomic E-state index is 8.97. The molecule has 0 fully saturated rings. The average molecular weight is 148 g/mol. The van der Waals surface area contributed by atoms with Crippen LogP contribution < -0.4 is 0 Å². The summed E-state index contributed by atoms with van der Waals surface area (Å²) >= 11 is 4.21. The minimum absolute atomic E-state index is 0.171. The van der Waals surface area contributed by atoms with Crippen LogP contribution in [0.25, 0.3) is 0 Å². The fourth-order valence-electron chi connectivity index (χ4n) is 0.654. The predicted molar refractivity (Wildman–Crippen MR) is 44.0 cm³/mol. The zero-order valence-electron chi connectivity index (χ0n) is 6.17. The molecule has 0 bridgehead atoms. The molecule has 0 saturated heterocycles. The topological polar surface area (TPSA) is 20.2 Å². The predicted octanol–water partition coefficient (Wildman–Crippen LogP) is 1.86. The highest BCUT2D eigenvalue weighted by Crippen LogP contribution is 2.10. The van der Waals surface area contributed by atoms with E-state index in [2.05, 4.69) is 19.6 Å². The van der Waals surface area contributed by atoms with Crippen molar-refractivity contribution in [2.75, 3.05) is 0 Å². The third kappa shape index (κ3) is 4.79. The summed E-state index contributed by atoms with van der Waals surface area (Å²) in [6.45, 7) is 3.93. The highest BCUT2D eigenvalue weighted by Gasteiger charge is 2.07. The van der Waals surface area contributed by atoms with E-state index in [1.165, 1.54) is 12.8 Å². The van der Waals surface area contributed by atoms with Crippen molar-refractivity contribution < 1.29 is 5.11 Å². The van der Waals surface area contributed by atoms with Gasteiger partial charge in [-0.05, 0) is 13.3 Å². The van der Waals surface area contributed by atoms with E-state index in [0.717, 1.165) is 6.42 Å². The Morgan fingerprint density at radius 3 is 2.44 bits per heavy atom. The van der Waals surface area contributed by atoms with Gasteiger partial charge in [0, 0.05) is 5.25 Å². The molecule has 0 aliphatic carbocycles. The second-order valence-corrected chi connectivity index (χ2v) is 3.11. The van der Waals surface area contributed by atoms with E-state index in [9.17, 15) is 0 Å². The molecule has 0 amide bonds. The average Bonchev–Trinajstić information content (AvgIpc) is 1.82. The lowest BCUT2D eigenvalue weighted by Gasteiger charge is -2.11. The minimum Gasteiger partial charge on any atom is -0.392 e. The highest BCUT2D eigenvalue weighted by molar-refractivity contribution is 7.81. The Hall–Kier alpha value is 0.310. The molecule has 1 N–H and O–H groups in total. The molecule has 0 aromatic heterocycles. The molecular weight excluding hydrogens is 132 g/mol. The standard InChI is InChI=1S/C7H16OS/c1-3-4-5-7(9)6(2)8/h6-9H,3-5H2,1-2H3. The van der Waals surface area contributed by atoms with Crippen molar-refractivity contribution >= 4 is 12.6 Å². The van der Waals surface area contributed by atoms with Crippen LogP contribution in [0, 0.1) is 0 Å². The van der Waals surface area contributed by atoms with Crippen molar-refractivity contribution in [3.8, 4) is 0 Å². The normalized spacial score (nSPS) is 17.3. The quantitative estimate of drug-likeness (QED) is 0.583. The molecular formula is C7H16OS. The van der Waals surface area contributed by atoms with Crippen molar-refractivity contribution in [1.29, 1.82) is 0 Å². The summed E-state index contributed by atoms with van der Waals surface area (Å²) in [5.41, 5.74) is 0. The smallest absolute Gasteiger partial charge is 0.0628 e. The second-order valence-electron chi connectivity index (χ2n) is 2.45. The fourth-order valence-corrected chi connectivity index (χ4v) is 0.837. The van der Waals surface area contributed by atoms with E-state index in [1.54, 1.807) is 6.92 Å². The number of aliphatic hydroxyl groups excluding tert-OH is 1. The summed E-state index contributed by atoms with van der Waals surface area (Å²) in [5, 5.41) is 9.14. The third-order valence-electron chi connectivity index (χ3n) is 1.41. The van der Waals surface area contributed by atoms with Gasteiger partial charge in [-0.25, -0.2) is 0 Å². The Morgan fingerprint density at radius 2 is 2.11 bits per heavy atom. The monoisotopic (exact) mass is 148 g/mol. The molecule has 0 rings (SSSR count). The van der Waals surface area contributed by atoms with Crippen molar-refractivity contribution in [3.63, 3.8) is 0 Å². The van der Waals surface area contributed by atoms with Gasteiger partial charge in [-0.15, -0.1) is 0 Å². The van der Waals surface area contributed by atoms with Gasteiger partial charge in [-0.3, -0.25) is 0 Å². The minimum atomic E-state index is -0.264. The molecule has 56 valence electrons. The van der Waals surface area contributed by atoms with E-state index < -0.39 is 0 Å². The zero-order chi connectivity index (χ0) is 7.28. The van der Waals surface area contributed by atoms with Gasteiger partial charge in [-0.1, -0.05) is 19.8 Å². The molecule has 1 nitrogen and oxygen atoms in total. The van der Waals surface area contributed by atoms with Crippen LogP contribution in [-0.4, -0.2) is 16.5 Å². The Morgan fingerprint density at radius 1 is 1.56 bits per heavy atom. The summed E-state index contributed by atoms with van der Waals surface area (Å²) in [6, 6.07) is 0. The molecule has 0 aliphatic rings. The van der Waals surface area contributed by atoms with Gasteiger partial charge in [0.15, 0.2) is 0 Å². The molecule has 0 aromatic rings. The van der Waals surface area contributed by atoms with Gasteiger partial charge in [0.2, 0.25) is 0 Å². The van der Waals surface area contributed by atoms with E-state index >= 15 is 0 Å².